The van der Waals surface area contributed by atoms with Crippen LogP contribution in [0.5, 0.6) is 0 Å². The zero-order chi connectivity index (χ0) is 46.7. The van der Waals surface area contributed by atoms with Crippen molar-refractivity contribution >= 4 is 43.9 Å². The maximum atomic E-state index is 9.67. The van der Waals surface area contributed by atoms with Crippen LogP contribution in [-0.2, 0) is 4.74 Å². The fourth-order valence-electron chi connectivity index (χ4n) is 6.89. The van der Waals surface area contributed by atoms with Gasteiger partial charge in [-0.1, -0.05) is 66.7 Å². The number of rotatable bonds is 5. The number of aryl methyl sites for hydroxylation is 9. The second kappa shape index (κ2) is 24.5. The minimum atomic E-state index is -3.67. The average molecular weight is 908 g/mol. The van der Waals surface area contributed by atoms with Gasteiger partial charge in [-0.05, 0) is 165 Å². The van der Waals surface area contributed by atoms with Crippen molar-refractivity contribution in [3.8, 4) is 22.5 Å². The van der Waals surface area contributed by atoms with Gasteiger partial charge < -0.3 is 14.1 Å². The van der Waals surface area contributed by atoms with Crippen molar-refractivity contribution in [1.82, 2.24) is 0 Å². The molecule has 2 aliphatic rings. The smallest absolute Gasteiger partial charge is 0.762 e. The lowest BCUT2D eigenvalue weighted by Crippen LogP contribution is -3.00. The van der Waals surface area contributed by atoms with Gasteiger partial charge in [0.1, 0.15) is 11.5 Å². The standard InChI is InChI=1S/C31H27NO.C22H23O.2BF3.2FH/c1-20-9-11-24(15-22(20)3)27-17-28(14-13-26-19-32-30-8-6-5-7-29(26)30)33-31(18-27)25-12-10-21(2)23(4)16-25;1-14-6-8-19(10-16(14)3)21-12-18(5)23-22(13-21)20-9-7-15(2)17(4)11-20;2*2-1(3)4;;/h5-19H,1-4H3;6-13H,1-5H3;;;2*1H/q;+1;;;;/p-1. The van der Waals surface area contributed by atoms with Crippen molar-refractivity contribution in [2.24, 2.45) is 0 Å². The van der Waals surface area contributed by atoms with Crippen LogP contribution in [0.1, 0.15) is 67.0 Å². The van der Waals surface area contributed by atoms with E-state index < -0.39 is 15.1 Å². The van der Waals surface area contributed by atoms with E-state index in [4.69, 9.17) is 9.15 Å². The highest BCUT2D eigenvalue weighted by Gasteiger charge is 2.20. The molecule has 6 aromatic rings. The Balaban J connectivity index is 0.000000306. The summed E-state index contributed by atoms with van der Waals surface area (Å²) in [7, 11) is -7.33. The largest absolute Gasteiger partial charge is 1.00 e. The van der Waals surface area contributed by atoms with E-state index in [1.165, 1.54) is 66.8 Å². The summed E-state index contributed by atoms with van der Waals surface area (Å²) in [4.78, 5) is 3.34. The van der Waals surface area contributed by atoms with E-state index in [9.17, 15) is 25.9 Å². The van der Waals surface area contributed by atoms with Crippen LogP contribution in [0.4, 0.5) is 31.6 Å². The minimum absolute atomic E-state index is 0. The van der Waals surface area contributed by atoms with E-state index in [1.807, 2.05) is 19.2 Å². The zero-order valence-corrected chi connectivity index (χ0v) is 38.3. The first-order valence-corrected chi connectivity index (χ1v) is 20.7. The highest BCUT2D eigenvalue weighted by atomic mass is 19.4. The van der Waals surface area contributed by atoms with Gasteiger partial charge in [-0.2, -0.15) is 0 Å². The van der Waals surface area contributed by atoms with Crippen LogP contribution in [0, 0.1) is 62.3 Å². The number of hydrogen-bond donors (Lipinski definition) is 1. The summed E-state index contributed by atoms with van der Waals surface area (Å²) < 4.78 is 70.4. The molecule has 0 unspecified atom stereocenters. The highest BCUT2D eigenvalue weighted by Crippen LogP contribution is 2.34. The molecule has 0 saturated heterocycles. The number of halogens is 8. The molecule has 1 N–H and O–H groups in total. The molecular formula is C53H51B2F8NO2. The lowest BCUT2D eigenvalue weighted by molar-refractivity contribution is -0.342. The molecular weight excluding hydrogens is 856 g/mol. The molecule has 8 rings (SSSR count). The molecule has 2 aliphatic heterocycles. The quantitative estimate of drug-likeness (QED) is 0.107. The molecule has 0 radical (unpaired) electrons. The van der Waals surface area contributed by atoms with Gasteiger partial charge in [-0.3, -0.25) is 25.9 Å². The molecule has 0 atom stereocenters. The van der Waals surface area contributed by atoms with E-state index in [1.54, 1.807) is 0 Å². The van der Waals surface area contributed by atoms with Gasteiger partial charge in [0, 0.05) is 23.3 Å². The summed E-state index contributed by atoms with van der Waals surface area (Å²) in [6.07, 6.45) is 10.5. The third-order valence-corrected chi connectivity index (χ3v) is 11.0. The van der Waals surface area contributed by atoms with Gasteiger partial charge in [0.15, 0.2) is 6.21 Å². The van der Waals surface area contributed by atoms with Crippen LogP contribution in [0.2, 0.25) is 0 Å². The Kier molecular flexibility index (Phi) is 19.9. The first-order valence-electron chi connectivity index (χ1n) is 20.7. The van der Waals surface area contributed by atoms with Crippen molar-refractivity contribution in [3.63, 3.8) is 0 Å². The Labute approximate surface area is 383 Å². The van der Waals surface area contributed by atoms with E-state index in [0.29, 0.717) is 0 Å². The summed E-state index contributed by atoms with van der Waals surface area (Å²) in [5, 5.41) is 0. The number of fused-ring (bicyclic) bond motifs is 1. The van der Waals surface area contributed by atoms with Crippen molar-refractivity contribution in [2.75, 3.05) is 0 Å². The third-order valence-electron chi connectivity index (χ3n) is 11.0. The van der Waals surface area contributed by atoms with E-state index >= 15 is 0 Å². The summed E-state index contributed by atoms with van der Waals surface area (Å²) in [5.41, 5.74) is 20.8. The van der Waals surface area contributed by atoms with Crippen LogP contribution in [-0.4, -0.2) is 21.3 Å². The van der Waals surface area contributed by atoms with Gasteiger partial charge in [0.25, 0.3) is 0 Å². The van der Waals surface area contributed by atoms with Crippen LogP contribution in [0.25, 0.3) is 39.4 Å². The summed E-state index contributed by atoms with van der Waals surface area (Å²) in [6.45, 7) is 19.2. The van der Waals surface area contributed by atoms with E-state index in [2.05, 4.69) is 188 Å². The molecule has 0 aliphatic carbocycles. The van der Waals surface area contributed by atoms with Gasteiger partial charge >= 0.3 is 26.6 Å². The lowest BCUT2D eigenvalue weighted by atomic mass is 9.96. The molecule has 0 bridgehead atoms. The predicted octanol–water partition coefficient (Wildman–Crippen LogP) is 8.34. The average Bonchev–Trinajstić information content (AvgIpc) is 3.66. The first kappa shape index (κ1) is 53.6. The molecule has 1 aromatic heterocycles. The molecule has 342 valence electrons. The number of nitrogens with one attached hydrogen (secondary N) is 1. The molecule has 0 fully saturated rings. The van der Waals surface area contributed by atoms with Crippen molar-refractivity contribution in [1.29, 1.82) is 0 Å². The van der Waals surface area contributed by atoms with E-state index in [0.717, 1.165) is 51.0 Å². The Morgan fingerprint density at radius 3 is 1.52 bits per heavy atom. The number of ether oxygens (including phenoxy) is 1. The van der Waals surface area contributed by atoms with Gasteiger partial charge in [0.2, 0.25) is 5.69 Å². The summed E-state index contributed by atoms with van der Waals surface area (Å²) >= 11 is 0. The molecule has 13 heteroatoms. The lowest BCUT2D eigenvalue weighted by Gasteiger charge is -2.19. The second-order valence-electron chi connectivity index (χ2n) is 15.7. The molecule has 0 saturated carbocycles. The molecule has 3 nitrogen and oxygen atoms in total. The minimum Gasteiger partial charge on any atom is -1.00 e. The normalized spacial score (nSPS) is 13.1. The maximum Gasteiger partial charge on any atom is 0.762 e. The third kappa shape index (κ3) is 14.9. The van der Waals surface area contributed by atoms with Crippen molar-refractivity contribution in [3.05, 3.63) is 206 Å². The fraction of sp³-hybridized carbons (Fsp3) is 0.170. The maximum absolute atomic E-state index is 9.67. The van der Waals surface area contributed by atoms with Crippen LogP contribution in [0.15, 0.2) is 144 Å². The predicted molar refractivity (Wildman–Crippen MR) is 254 cm³/mol. The number of allylic oxidation sites excluding steroid dienone is 6. The summed E-state index contributed by atoms with van der Waals surface area (Å²) in [6, 6.07) is 38.8. The van der Waals surface area contributed by atoms with Crippen LogP contribution in [0.3, 0.4) is 0 Å². The Morgan fingerprint density at radius 2 is 0.955 bits per heavy atom. The van der Waals surface area contributed by atoms with Gasteiger partial charge in [-0.15, -0.1) is 0 Å². The van der Waals surface area contributed by atoms with E-state index in [-0.39, 0.29) is 9.41 Å². The zero-order valence-electron chi connectivity index (χ0n) is 38.3. The van der Waals surface area contributed by atoms with Crippen molar-refractivity contribution < 1.29 is 49.4 Å². The Bertz CT molecular complexity index is 2720. The van der Waals surface area contributed by atoms with Crippen LogP contribution >= 0.6 is 0 Å². The monoisotopic (exact) mass is 907 g/mol. The number of benzene rings is 5. The second-order valence-corrected chi connectivity index (χ2v) is 15.7. The SMILES string of the molecule is Cc1cc(-c2ccc(C)c(C)c2)cc(-c2ccc(C)c(C)c2)[o+]1.Cc1ccc(C2=CC(=CC=C3C=[NH+]c4ccccc43)OC(c3ccc(C)c(C)c3)=C2)cc1C.FB(F)F.FB(F)F.[F-].[F-]. The molecule has 5 aromatic carbocycles. The molecule has 3 heterocycles. The Morgan fingerprint density at radius 1 is 0.485 bits per heavy atom. The van der Waals surface area contributed by atoms with Gasteiger partial charge in [0.05, 0.1) is 29.7 Å². The Hall–Kier alpha value is -6.75. The van der Waals surface area contributed by atoms with Crippen LogP contribution < -0.4 is 14.4 Å². The molecule has 0 amide bonds. The molecule has 66 heavy (non-hydrogen) atoms. The highest BCUT2D eigenvalue weighted by molar-refractivity contribution is 6.33. The number of para-hydroxylation sites is 1. The van der Waals surface area contributed by atoms with Gasteiger partial charge in [-0.25, -0.2) is 9.41 Å². The first-order chi connectivity index (χ1) is 30.4. The topological polar surface area (TPSA) is 34.5 Å². The number of hydrogen-bond acceptors (Lipinski definition) is 1. The summed E-state index contributed by atoms with van der Waals surface area (Å²) in [5.74, 6) is 3.53. The fourth-order valence-corrected chi connectivity index (χ4v) is 6.89. The van der Waals surface area contributed by atoms with Crippen molar-refractivity contribution in [2.45, 2.75) is 62.3 Å². The molecule has 0 spiro atoms.